The number of anilines is 1. The van der Waals surface area contributed by atoms with Crippen molar-refractivity contribution in [2.75, 3.05) is 71.5 Å². The van der Waals surface area contributed by atoms with E-state index in [9.17, 15) is 15.2 Å². The normalized spacial score (nSPS) is 22.9. The van der Waals surface area contributed by atoms with Crippen molar-refractivity contribution in [3.05, 3.63) is 64.9 Å². The Bertz CT molecular complexity index is 1910. The summed E-state index contributed by atoms with van der Waals surface area (Å²) >= 11 is 0. The van der Waals surface area contributed by atoms with Gasteiger partial charge in [0.25, 0.3) is 0 Å². The lowest BCUT2D eigenvalue weighted by atomic mass is 9.92. The number of aromatic hydroxyl groups is 1. The smallest absolute Gasteiger partial charge is 0.318 e. The molecule has 0 bridgehead atoms. The number of aromatic nitrogens is 2. The van der Waals surface area contributed by atoms with E-state index < -0.39 is 6.10 Å². The van der Waals surface area contributed by atoms with E-state index in [0.29, 0.717) is 57.1 Å². The predicted molar refractivity (Wildman–Crippen MR) is 202 cm³/mol. The second kappa shape index (κ2) is 16.5. The number of piperazine rings is 1. The van der Waals surface area contributed by atoms with Crippen LogP contribution in [0.25, 0.3) is 10.8 Å². The van der Waals surface area contributed by atoms with E-state index in [2.05, 4.69) is 33.7 Å². The van der Waals surface area contributed by atoms with E-state index in [4.69, 9.17) is 30.6 Å². The molecule has 4 aliphatic heterocycles. The summed E-state index contributed by atoms with van der Waals surface area (Å²) in [5.74, 6) is 3.56. The fraction of sp³-hybridized carbons (Fsp3) is 0.512. The maximum Gasteiger partial charge on any atom is 0.318 e. The van der Waals surface area contributed by atoms with Crippen molar-refractivity contribution in [3.8, 4) is 30.2 Å². The lowest BCUT2D eigenvalue weighted by molar-refractivity contribution is -0.128. The van der Waals surface area contributed by atoms with Crippen LogP contribution < -0.4 is 9.64 Å². The van der Waals surface area contributed by atoms with Crippen molar-refractivity contribution in [1.82, 2.24) is 24.7 Å². The van der Waals surface area contributed by atoms with Crippen LogP contribution in [-0.2, 0) is 27.3 Å². The number of nitrogens with zero attached hydrogens (tertiary/aromatic N) is 7. The number of hydrogen-bond donors (Lipinski definition) is 1. The maximum absolute atomic E-state index is 13.5. The number of ether oxygens (including phenoxy) is 3. The van der Waals surface area contributed by atoms with Crippen LogP contribution >= 0.6 is 0 Å². The quantitative estimate of drug-likeness (QED) is 0.239. The number of hydrogen-bond acceptors (Lipinski definition) is 11. The third kappa shape index (κ3) is 8.12. The van der Waals surface area contributed by atoms with Crippen LogP contribution in [0.3, 0.4) is 0 Å². The summed E-state index contributed by atoms with van der Waals surface area (Å²) in [5, 5.41) is 22.2. The molecule has 0 unspecified atom stereocenters. The molecule has 3 fully saturated rings. The van der Waals surface area contributed by atoms with Crippen LogP contribution in [0.4, 0.5) is 5.82 Å². The summed E-state index contributed by atoms with van der Waals surface area (Å²) in [5.41, 5.74) is 3.21. The molecule has 0 aliphatic carbocycles. The minimum atomic E-state index is -0.415. The van der Waals surface area contributed by atoms with Gasteiger partial charge in [-0.1, -0.05) is 24.1 Å². The number of carbonyl (C=O) groups excluding carboxylic acids is 1. The summed E-state index contributed by atoms with van der Waals surface area (Å²) < 4.78 is 18.4. The number of nitriles is 1. The number of phenols is 1. The van der Waals surface area contributed by atoms with Gasteiger partial charge < -0.3 is 34.0 Å². The van der Waals surface area contributed by atoms with Gasteiger partial charge in [0.2, 0.25) is 5.91 Å². The first-order valence-electron chi connectivity index (χ1n) is 18.8. The van der Waals surface area contributed by atoms with Crippen LogP contribution in [-0.4, -0.2) is 120 Å². The van der Waals surface area contributed by atoms with Crippen LogP contribution in [0.5, 0.6) is 11.8 Å². The predicted octanol–water partition coefficient (Wildman–Crippen LogP) is 4.20. The number of likely N-dealkylation sites (N-methyl/N-ethyl adjacent to an activating group) is 1. The largest absolute Gasteiger partial charge is 0.508 e. The van der Waals surface area contributed by atoms with Gasteiger partial charge in [0.05, 0.1) is 43.0 Å². The van der Waals surface area contributed by atoms with Gasteiger partial charge in [0, 0.05) is 81.4 Å². The molecule has 12 nitrogen and oxygen atoms in total. The van der Waals surface area contributed by atoms with Crippen LogP contribution in [0.15, 0.2) is 42.5 Å². The average Bonchev–Trinajstić information content (AvgIpc) is 3.60. The van der Waals surface area contributed by atoms with E-state index in [-0.39, 0.29) is 36.8 Å². The second-order valence-corrected chi connectivity index (χ2v) is 14.6. The van der Waals surface area contributed by atoms with E-state index in [1.165, 1.54) is 0 Å². The molecule has 12 heteroatoms. The first kappa shape index (κ1) is 36.6. The molecular weight excluding hydrogens is 670 g/mol. The number of piperidine rings is 1. The van der Waals surface area contributed by atoms with Gasteiger partial charge in [-0.3, -0.25) is 9.69 Å². The molecule has 0 spiro atoms. The van der Waals surface area contributed by atoms with Crippen LogP contribution in [0.2, 0.25) is 0 Å². The molecule has 53 heavy (non-hydrogen) atoms. The highest BCUT2D eigenvalue weighted by Crippen LogP contribution is 2.40. The SMILES string of the molecule is C#Cc1cccc2cc(O)cc([C@@H]3Cc4nc(OC[C@@H]5CCCN5C)nc(N5CCN(C(=O)/C=C/CN6CCC(OC)CC6)[C@@H](CC#N)C5)c4CO3)c12. The fourth-order valence-corrected chi connectivity index (χ4v) is 8.28. The topological polar surface area (TPSA) is 128 Å². The van der Waals surface area contributed by atoms with Crippen LogP contribution in [0, 0.1) is 23.7 Å². The van der Waals surface area contributed by atoms with Gasteiger partial charge in [-0.25, -0.2) is 0 Å². The third-order valence-electron chi connectivity index (χ3n) is 11.3. The Kier molecular flexibility index (Phi) is 11.4. The number of amides is 1. The number of benzene rings is 2. The molecule has 1 amide bonds. The molecule has 278 valence electrons. The summed E-state index contributed by atoms with van der Waals surface area (Å²) in [6, 6.07) is 11.8. The van der Waals surface area contributed by atoms with Crippen molar-refractivity contribution >= 4 is 22.5 Å². The standard InChI is InChI=1S/C41H49N7O5/c1-4-28-8-5-9-29-22-32(49)23-34(39(28)29)37-24-36-35(27-52-37)40(44-41(43-36)53-26-31-10-6-16-45(31)2)47-20-21-48(30(25-47)12-15-42)38(50)11-7-17-46-18-13-33(51-3)14-19-46/h1,5,7-9,11,22-23,30-31,33,37,49H,6,10,12-14,16-21,24-27H2,2-3H3/b11-7+/t30-,31-,37-/m0/s1. The molecule has 1 N–H and O–H groups in total. The zero-order chi connectivity index (χ0) is 36.9. The molecule has 3 saturated heterocycles. The van der Waals surface area contributed by atoms with Crippen LogP contribution in [0.1, 0.15) is 60.6 Å². The molecule has 0 saturated carbocycles. The lowest BCUT2D eigenvalue weighted by Crippen LogP contribution is -2.55. The number of rotatable bonds is 10. The highest BCUT2D eigenvalue weighted by atomic mass is 16.5. The Morgan fingerprint density at radius 2 is 1.98 bits per heavy atom. The molecule has 3 aromatic rings. The van der Waals surface area contributed by atoms with Crippen molar-refractivity contribution in [3.63, 3.8) is 0 Å². The summed E-state index contributed by atoms with van der Waals surface area (Å²) in [6.45, 7) is 5.78. The number of methoxy groups -OCH3 is 1. The van der Waals surface area contributed by atoms with Crippen molar-refractivity contribution < 1.29 is 24.1 Å². The number of likely N-dealkylation sites (tertiary alicyclic amines) is 2. The monoisotopic (exact) mass is 719 g/mol. The van der Waals surface area contributed by atoms with Gasteiger partial charge >= 0.3 is 6.01 Å². The number of terminal acetylenes is 1. The maximum atomic E-state index is 13.5. The Morgan fingerprint density at radius 3 is 2.74 bits per heavy atom. The van der Waals surface area contributed by atoms with Gasteiger partial charge in [-0.15, -0.1) is 6.42 Å². The molecule has 5 heterocycles. The second-order valence-electron chi connectivity index (χ2n) is 14.6. The van der Waals surface area contributed by atoms with Gasteiger partial charge in [0.15, 0.2) is 0 Å². The first-order valence-corrected chi connectivity index (χ1v) is 18.8. The van der Waals surface area contributed by atoms with E-state index >= 15 is 0 Å². The number of carbonyl (C=O) groups is 1. The summed E-state index contributed by atoms with van der Waals surface area (Å²) in [7, 11) is 3.88. The molecule has 3 atom stereocenters. The Labute approximate surface area is 311 Å². The number of fused-ring (bicyclic) bond motifs is 2. The van der Waals surface area contributed by atoms with Crippen molar-refractivity contribution in [2.24, 2.45) is 0 Å². The summed E-state index contributed by atoms with van der Waals surface area (Å²) in [4.78, 5) is 32.0. The van der Waals surface area contributed by atoms with Gasteiger partial charge in [0.1, 0.15) is 18.2 Å². The number of phenolic OH excluding ortho intramolecular Hbond substituents is 1. The van der Waals surface area contributed by atoms with Gasteiger partial charge in [-0.2, -0.15) is 15.2 Å². The molecule has 4 aliphatic rings. The zero-order valence-electron chi connectivity index (χ0n) is 30.7. The first-order chi connectivity index (χ1) is 25.8. The fourth-order valence-electron chi connectivity index (χ4n) is 8.28. The Morgan fingerprint density at radius 1 is 1.13 bits per heavy atom. The summed E-state index contributed by atoms with van der Waals surface area (Å²) in [6.07, 6.45) is 14.2. The molecule has 1 aromatic heterocycles. The van der Waals surface area contributed by atoms with Crippen molar-refractivity contribution in [1.29, 1.82) is 5.26 Å². The molecular formula is C41H49N7O5. The minimum Gasteiger partial charge on any atom is -0.508 e. The molecule has 7 rings (SSSR count). The highest BCUT2D eigenvalue weighted by Gasteiger charge is 2.35. The van der Waals surface area contributed by atoms with E-state index in [0.717, 1.165) is 78.5 Å². The van der Waals surface area contributed by atoms with E-state index in [1.807, 2.05) is 29.2 Å². The molecule has 0 radical (unpaired) electrons. The lowest BCUT2D eigenvalue weighted by Gasteiger charge is -2.42. The minimum absolute atomic E-state index is 0.0815. The molecule has 2 aromatic carbocycles. The zero-order valence-corrected chi connectivity index (χ0v) is 30.7. The highest BCUT2D eigenvalue weighted by molar-refractivity contribution is 5.92. The van der Waals surface area contributed by atoms with Crippen molar-refractivity contribution in [2.45, 2.75) is 69.4 Å². The Hall–Kier alpha value is -4.72. The third-order valence-corrected chi connectivity index (χ3v) is 11.3. The average molecular weight is 720 g/mol. The van der Waals surface area contributed by atoms with Gasteiger partial charge in [-0.05, 0) is 68.4 Å². The Balaban J connectivity index is 1.13. The van der Waals surface area contributed by atoms with E-state index in [1.54, 1.807) is 25.3 Å².